The standard InChI is InChI=1S/C29H26ClN5O3/c1-32-24-6-4-3-5-23(24)25-26(31-35(29(37)27(25)32)21-11-13-22(38-2)14-12-21)28(36)34-17-15-33(16-18-34)20-9-7-19(30)8-10-20/h3-14H,15-18H2,1-2H3. The number of piperazine rings is 1. The van der Waals surface area contributed by atoms with E-state index in [1.54, 1.807) is 31.4 Å². The monoisotopic (exact) mass is 527 g/mol. The van der Waals surface area contributed by atoms with E-state index >= 15 is 0 Å². The first-order valence-corrected chi connectivity index (χ1v) is 12.8. The summed E-state index contributed by atoms with van der Waals surface area (Å²) in [4.78, 5) is 31.8. The number of carbonyl (C=O) groups is 1. The van der Waals surface area contributed by atoms with Gasteiger partial charge in [0, 0.05) is 60.2 Å². The molecule has 0 saturated carbocycles. The fraction of sp³-hybridized carbons (Fsp3) is 0.207. The van der Waals surface area contributed by atoms with Crippen LogP contribution >= 0.6 is 11.6 Å². The predicted octanol–water partition coefficient (Wildman–Crippen LogP) is 4.50. The number of rotatable bonds is 4. The zero-order chi connectivity index (χ0) is 26.4. The minimum atomic E-state index is -0.284. The third kappa shape index (κ3) is 3.97. The third-order valence-electron chi connectivity index (χ3n) is 7.22. The molecule has 0 aliphatic carbocycles. The molecule has 1 aliphatic rings. The molecular weight excluding hydrogens is 502 g/mol. The second kappa shape index (κ2) is 9.54. The van der Waals surface area contributed by atoms with Crippen molar-refractivity contribution in [1.29, 1.82) is 0 Å². The fourth-order valence-electron chi connectivity index (χ4n) is 5.20. The van der Waals surface area contributed by atoms with Gasteiger partial charge in [0.2, 0.25) is 0 Å². The van der Waals surface area contributed by atoms with Crippen LogP contribution in [-0.2, 0) is 7.05 Å². The van der Waals surface area contributed by atoms with E-state index in [2.05, 4.69) is 10.00 Å². The van der Waals surface area contributed by atoms with Crippen molar-refractivity contribution in [3.8, 4) is 11.4 Å². The van der Waals surface area contributed by atoms with Gasteiger partial charge >= 0.3 is 0 Å². The van der Waals surface area contributed by atoms with Crippen LogP contribution in [0.2, 0.25) is 5.02 Å². The summed E-state index contributed by atoms with van der Waals surface area (Å²) in [6, 6.07) is 22.5. The second-order valence-electron chi connectivity index (χ2n) is 9.32. The first-order valence-electron chi connectivity index (χ1n) is 12.4. The zero-order valence-electron chi connectivity index (χ0n) is 21.1. The molecule has 1 aliphatic heterocycles. The summed E-state index contributed by atoms with van der Waals surface area (Å²) in [6.07, 6.45) is 0. The van der Waals surface area contributed by atoms with Gasteiger partial charge in [0.15, 0.2) is 5.69 Å². The second-order valence-corrected chi connectivity index (χ2v) is 9.76. The molecule has 1 amide bonds. The lowest BCUT2D eigenvalue weighted by Crippen LogP contribution is -2.49. The summed E-state index contributed by atoms with van der Waals surface area (Å²) in [5.41, 5.74) is 2.93. The quantitative estimate of drug-likeness (QED) is 0.344. The predicted molar refractivity (Wildman–Crippen MR) is 150 cm³/mol. The maximum absolute atomic E-state index is 14.0. The molecule has 0 spiro atoms. The lowest BCUT2D eigenvalue weighted by molar-refractivity contribution is 0.0741. The summed E-state index contributed by atoms with van der Waals surface area (Å²) in [5, 5.41) is 6.80. The van der Waals surface area contributed by atoms with Gasteiger partial charge in [-0.1, -0.05) is 29.8 Å². The lowest BCUT2D eigenvalue weighted by Gasteiger charge is -2.36. The highest BCUT2D eigenvalue weighted by Gasteiger charge is 2.29. The Labute approximate surface area is 224 Å². The average Bonchev–Trinajstić information content (AvgIpc) is 3.26. The number of methoxy groups -OCH3 is 1. The number of amides is 1. The molecule has 0 atom stereocenters. The number of halogens is 1. The van der Waals surface area contributed by atoms with Gasteiger partial charge in [-0.2, -0.15) is 9.78 Å². The van der Waals surface area contributed by atoms with Gasteiger partial charge in [-0.3, -0.25) is 9.59 Å². The molecular formula is C29H26ClN5O3. The Morgan fingerprint density at radius 1 is 0.895 bits per heavy atom. The molecule has 9 heteroatoms. The summed E-state index contributed by atoms with van der Waals surface area (Å²) in [7, 11) is 3.44. The Bertz CT molecular complexity index is 1720. The van der Waals surface area contributed by atoms with E-state index in [0.29, 0.717) is 53.5 Å². The SMILES string of the molecule is COc1ccc(-n2nc(C(=O)N3CCN(c4ccc(Cl)cc4)CC3)c3c4ccccc4n(C)c3c2=O)cc1. The number of benzene rings is 3. The van der Waals surface area contributed by atoms with Gasteiger partial charge in [-0.15, -0.1) is 0 Å². The van der Waals surface area contributed by atoms with Crippen molar-refractivity contribution in [2.24, 2.45) is 7.05 Å². The van der Waals surface area contributed by atoms with Gasteiger partial charge < -0.3 is 19.1 Å². The molecule has 38 heavy (non-hydrogen) atoms. The highest BCUT2D eigenvalue weighted by atomic mass is 35.5. The molecule has 8 nitrogen and oxygen atoms in total. The van der Waals surface area contributed by atoms with Crippen LogP contribution in [0.5, 0.6) is 5.75 Å². The molecule has 3 aromatic carbocycles. The summed E-state index contributed by atoms with van der Waals surface area (Å²) in [5.74, 6) is 0.478. The number of anilines is 1. The van der Waals surface area contributed by atoms with Crippen LogP contribution in [-0.4, -0.2) is 58.4 Å². The highest BCUT2D eigenvalue weighted by Crippen LogP contribution is 2.30. The van der Waals surface area contributed by atoms with Crippen LogP contribution < -0.4 is 15.2 Å². The number of aromatic nitrogens is 3. The van der Waals surface area contributed by atoms with Gasteiger partial charge in [-0.25, -0.2) is 0 Å². The normalized spacial score (nSPS) is 13.9. The first kappa shape index (κ1) is 24.1. The van der Waals surface area contributed by atoms with Crippen molar-refractivity contribution in [2.45, 2.75) is 0 Å². The molecule has 0 bridgehead atoms. The molecule has 0 N–H and O–H groups in total. The van der Waals surface area contributed by atoms with Crippen LogP contribution in [0.25, 0.3) is 27.5 Å². The van der Waals surface area contributed by atoms with Crippen molar-refractivity contribution in [3.63, 3.8) is 0 Å². The lowest BCUT2D eigenvalue weighted by atomic mass is 10.1. The van der Waals surface area contributed by atoms with Crippen molar-refractivity contribution < 1.29 is 9.53 Å². The van der Waals surface area contributed by atoms with Gasteiger partial charge in [-0.05, 0) is 54.6 Å². The number of aryl methyl sites for hydroxylation is 1. The van der Waals surface area contributed by atoms with Crippen molar-refractivity contribution in [1.82, 2.24) is 19.2 Å². The first-order chi connectivity index (χ1) is 18.5. The van der Waals surface area contributed by atoms with Crippen molar-refractivity contribution in [3.05, 3.63) is 93.9 Å². The minimum absolute atomic E-state index is 0.190. The van der Waals surface area contributed by atoms with Gasteiger partial charge in [0.25, 0.3) is 11.5 Å². The Kier molecular flexibility index (Phi) is 6.04. The number of nitrogens with zero attached hydrogens (tertiary/aromatic N) is 5. The topological polar surface area (TPSA) is 72.6 Å². The van der Waals surface area contributed by atoms with Crippen LogP contribution in [0, 0.1) is 0 Å². The third-order valence-corrected chi connectivity index (χ3v) is 7.47. The molecule has 6 rings (SSSR count). The molecule has 192 valence electrons. The van der Waals surface area contributed by atoms with E-state index in [0.717, 1.165) is 16.6 Å². The van der Waals surface area contributed by atoms with Crippen molar-refractivity contribution in [2.75, 3.05) is 38.2 Å². The van der Waals surface area contributed by atoms with E-state index in [1.165, 1.54) is 4.68 Å². The van der Waals surface area contributed by atoms with Crippen LogP contribution in [0.1, 0.15) is 10.5 Å². The van der Waals surface area contributed by atoms with Gasteiger partial charge in [0.1, 0.15) is 11.3 Å². The Morgan fingerprint density at radius 3 is 2.24 bits per heavy atom. The largest absolute Gasteiger partial charge is 0.497 e. The maximum Gasteiger partial charge on any atom is 0.296 e. The number of carbonyl (C=O) groups excluding carboxylic acids is 1. The molecule has 0 unspecified atom stereocenters. The number of ether oxygens (including phenoxy) is 1. The van der Waals surface area contributed by atoms with E-state index < -0.39 is 0 Å². The van der Waals surface area contributed by atoms with E-state index in [4.69, 9.17) is 16.3 Å². The summed E-state index contributed by atoms with van der Waals surface area (Å²) < 4.78 is 8.44. The van der Waals surface area contributed by atoms with Crippen molar-refractivity contribution >= 4 is 45.0 Å². The Hall–Kier alpha value is -4.30. The van der Waals surface area contributed by atoms with E-state index in [9.17, 15) is 9.59 Å². The Balaban J connectivity index is 1.44. The number of para-hydroxylation sites is 1. The highest BCUT2D eigenvalue weighted by molar-refractivity contribution is 6.30. The molecule has 3 heterocycles. The van der Waals surface area contributed by atoms with Crippen LogP contribution in [0.3, 0.4) is 0 Å². The molecule has 2 aromatic heterocycles. The summed E-state index contributed by atoms with van der Waals surface area (Å²) >= 11 is 6.05. The minimum Gasteiger partial charge on any atom is -0.497 e. The van der Waals surface area contributed by atoms with Crippen LogP contribution in [0.4, 0.5) is 5.69 Å². The molecule has 0 radical (unpaired) electrons. The molecule has 1 fully saturated rings. The summed E-state index contributed by atoms with van der Waals surface area (Å²) in [6.45, 7) is 2.45. The van der Waals surface area contributed by atoms with E-state index in [-0.39, 0.29) is 17.2 Å². The van der Waals surface area contributed by atoms with Crippen LogP contribution in [0.15, 0.2) is 77.6 Å². The maximum atomic E-state index is 14.0. The molecule has 1 saturated heterocycles. The van der Waals surface area contributed by atoms with E-state index in [1.807, 2.05) is 65.0 Å². The zero-order valence-corrected chi connectivity index (χ0v) is 21.9. The molecule has 5 aromatic rings. The Morgan fingerprint density at radius 2 is 1.55 bits per heavy atom. The van der Waals surface area contributed by atoms with Gasteiger partial charge in [0.05, 0.1) is 12.8 Å². The number of hydrogen-bond donors (Lipinski definition) is 0. The number of fused-ring (bicyclic) bond motifs is 3. The fourth-order valence-corrected chi connectivity index (χ4v) is 5.32. The number of hydrogen-bond acceptors (Lipinski definition) is 5. The smallest absolute Gasteiger partial charge is 0.296 e. The average molecular weight is 528 g/mol.